The molecule has 1 aliphatic heterocycles. The zero-order valence-electron chi connectivity index (χ0n) is 13.8. The number of hydrogen-bond donors (Lipinski definition) is 1. The highest BCUT2D eigenvalue weighted by molar-refractivity contribution is 6.31. The van der Waals surface area contributed by atoms with Crippen LogP contribution in [0.2, 0.25) is 10.0 Å². The number of hydrogen-bond acceptors (Lipinski definition) is 2. The third-order valence-electron chi connectivity index (χ3n) is 5.27. The first-order chi connectivity index (χ1) is 12.1. The molecule has 1 unspecified atom stereocenters. The van der Waals surface area contributed by atoms with Gasteiger partial charge in [-0.05, 0) is 30.9 Å². The lowest BCUT2D eigenvalue weighted by atomic mass is 9.96. The van der Waals surface area contributed by atoms with E-state index in [1.165, 1.54) is 0 Å². The maximum absolute atomic E-state index is 12.5. The average Bonchev–Trinajstić information content (AvgIpc) is 3.02. The van der Waals surface area contributed by atoms with Gasteiger partial charge in [-0.25, -0.2) is 4.79 Å². The SMILES string of the molecule is O=C(NCC1(c2ccccc2Cl)CC1)N1CCC(n2cc(Cl)cn2)C1. The summed E-state index contributed by atoms with van der Waals surface area (Å²) in [7, 11) is 0. The number of benzene rings is 1. The minimum Gasteiger partial charge on any atom is -0.337 e. The Morgan fingerprint density at radius 3 is 2.80 bits per heavy atom. The quantitative estimate of drug-likeness (QED) is 0.877. The van der Waals surface area contributed by atoms with Crippen LogP contribution in [0.15, 0.2) is 36.7 Å². The molecule has 1 atom stereocenters. The molecule has 1 aliphatic carbocycles. The molecule has 1 N–H and O–H groups in total. The maximum Gasteiger partial charge on any atom is 0.317 e. The van der Waals surface area contributed by atoms with E-state index in [0.717, 1.165) is 36.4 Å². The van der Waals surface area contributed by atoms with Gasteiger partial charge in [0.2, 0.25) is 0 Å². The van der Waals surface area contributed by atoms with Crippen LogP contribution in [0.25, 0.3) is 0 Å². The Balaban J connectivity index is 1.35. The largest absolute Gasteiger partial charge is 0.337 e. The van der Waals surface area contributed by atoms with Crippen LogP contribution < -0.4 is 5.32 Å². The molecule has 25 heavy (non-hydrogen) atoms. The minimum atomic E-state index is -0.0147. The molecule has 2 amide bonds. The van der Waals surface area contributed by atoms with Crippen molar-refractivity contribution < 1.29 is 4.79 Å². The number of urea groups is 1. The van der Waals surface area contributed by atoms with E-state index in [1.807, 2.05) is 34.0 Å². The number of likely N-dealkylation sites (tertiary alicyclic amines) is 1. The van der Waals surface area contributed by atoms with Crippen molar-refractivity contribution in [2.45, 2.75) is 30.7 Å². The molecule has 7 heteroatoms. The van der Waals surface area contributed by atoms with Crippen LogP contribution in [-0.4, -0.2) is 40.3 Å². The molecule has 4 rings (SSSR count). The summed E-state index contributed by atoms with van der Waals surface area (Å²) in [5.41, 5.74) is 1.14. The van der Waals surface area contributed by atoms with Crippen LogP contribution in [0.1, 0.15) is 30.9 Å². The number of nitrogens with zero attached hydrogens (tertiary/aromatic N) is 3. The Morgan fingerprint density at radius 2 is 2.12 bits per heavy atom. The van der Waals surface area contributed by atoms with Crippen molar-refractivity contribution in [3.63, 3.8) is 0 Å². The normalized spacial score (nSPS) is 21.4. The molecule has 0 spiro atoms. The van der Waals surface area contributed by atoms with Crippen LogP contribution in [-0.2, 0) is 5.41 Å². The van der Waals surface area contributed by atoms with E-state index >= 15 is 0 Å². The lowest BCUT2D eigenvalue weighted by molar-refractivity contribution is 0.205. The van der Waals surface area contributed by atoms with Gasteiger partial charge in [0.1, 0.15) is 0 Å². The van der Waals surface area contributed by atoms with E-state index in [9.17, 15) is 4.79 Å². The number of carbonyl (C=O) groups excluding carboxylic acids is 1. The van der Waals surface area contributed by atoms with Crippen LogP contribution in [0, 0.1) is 0 Å². The van der Waals surface area contributed by atoms with E-state index in [2.05, 4.69) is 16.5 Å². The number of aromatic nitrogens is 2. The van der Waals surface area contributed by atoms with Crippen LogP contribution in [0.3, 0.4) is 0 Å². The van der Waals surface area contributed by atoms with Gasteiger partial charge in [0, 0.05) is 36.3 Å². The number of halogens is 2. The maximum atomic E-state index is 12.5. The van der Waals surface area contributed by atoms with Gasteiger partial charge in [-0.15, -0.1) is 0 Å². The summed E-state index contributed by atoms with van der Waals surface area (Å²) >= 11 is 12.3. The zero-order valence-corrected chi connectivity index (χ0v) is 15.3. The highest BCUT2D eigenvalue weighted by Gasteiger charge is 2.45. The summed E-state index contributed by atoms with van der Waals surface area (Å²) in [6.07, 6.45) is 6.45. The Kier molecular flexibility index (Phi) is 4.38. The van der Waals surface area contributed by atoms with Gasteiger partial charge in [0.15, 0.2) is 0 Å². The molecule has 132 valence electrons. The fourth-order valence-electron chi connectivity index (χ4n) is 3.60. The Labute approximate surface area is 156 Å². The van der Waals surface area contributed by atoms with Gasteiger partial charge in [-0.3, -0.25) is 4.68 Å². The van der Waals surface area contributed by atoms with Crippen molar-refractivity contribution in [1.29, 1.82) is 0 Å². The second-order valence-corrected chi connectivity index (χ2v) is 7.79. The monoisotopic (exact) mass is 378 g/mol. The summed E-state index contributed by atoms with van der Waals surface area (Å²) in [5.74, 6) is 0. The third-order valence-corrected chi connectivity index (χ3v) is 5.80. The number of carbonyl (C=O) groups is 1. The predicted octanol–water partition coefficient (Wildman–Crippen LogP) is 3.88. The van der Waals surface area contributed by atoms with Gasteiger partial charge in [-0.2, -0.15) is 5.10 Å². The highest BCUT2D eigenvalue weighted by atomic mass is 35.5. The van der Waals surface area contributed by atoms with Gasteiger partial charge in [0.05, 0.1) is 17.3 Å². The van der Waals surface area contributed by atoms with Crippen molar-refractivity contribution in [2.75, 3.05) is 19.6 Å². The summed E-state index contributed by atoms with van der Waals surface area (Å²) in [6, 6.07) is 8.10. The zero-order chi connectivity index (χ0) is 17.4. The van der Waals surface area contributed by atoms with E-state index in [1.54, 1.807) is 6.20 Å². The summed E-state index contributed by atoms with van der Waals surface area (Å²) in [6.45, 7) is 2.01. The molecule has 2 heterocycles. The van der Waals surface area contributed by atoms with Gasteiger partial charge >= 0.3 is 6.03 Å². The van der Waals surface area contributed by atoms with Crippen LogP contribution in [0.5, 0.6) is 0 Å². The number of nitrogens with one attached hydrogen (secondary N) is 1. The molecule has 2 aliphatic rings. The van der Waals surface area contributed by atoms with Crippen LogP contribution in [0.4, 0.5) is 4.79 Å². The highest BCUT2D eigenvalue weighted by Crippen LogP contribution is 2.49. The fraction of sp³-hybridized carbons (Fsp3) is 0.444. The van der Waals surface area contributed by atoms with Gasteiger partial charge in [0.25, 0.3) is 0 Å². The molecular formula is C18H20Cl2N4O. The molecule has 2 aromatic rings. The molecular weight excluding hydrogens is 359 g/mol. The lowest BCUT2D eigenvalue weighted by Crippen LogP contribution is -2.42. The molecule has 2 fully saturated rings. The van der Waals surface area contributed by atoms with Crippen LogP contribution >= 0.6 is 23.2 Å². The van der Waals surface area contributed by atoms with Gasteiger partial charge < -0.3 is 10.2 Å². The molecule has 5 nitrogen and oxygen atoms in total. The standard InChI is InChI=1S/C18H20Cl2N4O/c19-13-9-22-24(10-13)14-5-8-23(11-14)17(25)21-12-18(6-7-18)15-3-1-2-4-16(15)20/h1-4,9-10,14H,5-8,11-12H2,(H,21,25). The molecule has 1 saturated heterocycles. The lowest BCUT2D eigenvalue weighted by Gasteiger charge is -2.22. The predicted molar refractivity (Wildman–Crippen MR) is 98.2 cm³/mol. The fourth-order valence-corrected chi connectivity index (χ4v) is 4.08. The van der Waals surface area contributed by atoms with E-state index < -0.39 is 0 Å². The number of rotatable bonds is 4. The van der Waals surface area contributed by atoms with E-state index in [0.29, 0.717) is 18.1 Å². The smallest absolute Gasteiger partial charge is 0.317 e. The Morgan fingerprint density at radius 1 is 1.32 bits per heavy atom. The second kappa shape index (κ2) is 6.54. The minimum absolute atomic E-state index is 0.00262. The summed E-state index contributed by atoms with van der Waals surface area (Å²) < 4.78 is 1.85. The molecule has 1 aromatic carbocycles. The third kappa shape index (κ3) is 3.35. The topological polar surface area (TPSA) is 50.2 Å². The van der Waals surface area contributed by atoms with Crippen molar-refractivity contribution in [3.05, 3.63) is 52.3 Å². The van der Waals surface area contributed by atoms with Crippen molar-refractivity contribution in [1.82, 2.24) is 20.0 Å². The second-order valence-electron chi connectivity index (χ2n) is 6.95. The van der Waals surface area contributed by atoms with Gasteiger partial charge in [-0.1, -0.05) is 41.4 Å². The number of amides is 2. The molecule has 0 bridgehead atoms. The first-order valence-electron chi connectivity index (χ1n) is 8.55. The first-order valence-corrected chi connectivity index (χ1v) is 9.30. The van der Waals surface area contributed by atoms with Crippen molar-refractivity contribution in [2.24, 2.45) is 0 Å². The van der Waals surface area contributed by atoms with Crippen molar-refractivity contribution in [3.8, 4) is 0 Å². The first kappa shape index (κ1) is 16.7. The van der Waals surface area contributed by atoms with Crippen molar-refractivity contribution >= 4 is 29.2 Å². The summed E-state index contributed by atoms with van der Waals surface area (Å²) in [4.78, 5) is 14.4. The average molecular weight is 379 g/mol. The molecule has 1 saturated carbocycles. The molecule has 1 aromatic heterocycles. The molecule has 0 radical (unpaired) electrons. The summed E-state index contributed by atoms with van der Waals surface area (Å²) in [5, 5.41) is 8.76. The Hall–Kier alpha value is -1.72. The van der Waals surface area contributed by atoms with E-state index in [-0.39, 0.29) is 17.5 Å². The Bertz CT molecular complexity index is 787. The van der Waals surface area contributed by atoms with E-state index in [4.69, 9.17) is 23.2 Å².